The second-order valence-corrected chi connectivity index (χ2v) is 6.04. The highest BCUT2D eigenvalue weighted by molar-refractivity contribution is 7.14. The number of hydrogen-bond acceptors (Lipinski definition) is 6. The fourth-order valence-corrected chi connectivity index (χ4v) is 2.79. The van der Waals surface area contributed by atoms with Gasteiger partial charge in [0.15, 0.2) is 10.9 Å². The average Bonchev–Trinajstić information content (AvgIpc) is 3.22. The monoisotopic (exact) mass is 357 g/mol. The number of carbonyl (C=O) groups excluding carboxylic acids is 2. The number of aromatic nitrogens is 1. The molecule has 2 amide bonds. The van der Waals surface area contributed by atoms with Crippen molar-refractivity contribution in [3.63, 3.8) is 0 Å². The second kappa shape index (κ2) is 7.18. The molecule has 0 saturated heterocycles. The molecule has 128 valence electrons. The number of thiazole rings is 1. The zero-order chi connectivity index (χ0) is 17.8. The Hall–Kier alpha value is -3.13. The number of anilines is 1. The van der Waals surface area contributed by atoms with Gasteiger partial charge in [0.2, 0.25) is 5.91 Å². The van der Waals surface area contributed by atoms with E-state index in [4.69, 9.17) is 4.42 Å². The van der Waals surface area contributed by atoms with Gasteiger partial charge >= 0.3 is 0 Å². The minimum Gasteiger partial charge on any atom is -0.507 e. The molecule has 8 heteroatoms. The molecule has 0 saturated carbocycles. The molecule has 25 heavy (non-hydrogen) atoms. The Morgan fingerprint density at radius 1 is 1.24 bits per heavy atom. The molecule has 0 radical (unpaired) electrons. The van der Waals surface area contributed by atoms with Crippen molar-refractivity contribution < 1.29 is 19.1 Å². The Morgan fingerprint density at radius 3 is 2.80 bits per heavy atom. The Kier molecular flexibility index (Phi) is 4.80. The maximum atomic E-state index is 12.2. The van der Waals surface area contributed by atoms with Crippen molar-refractivity contribution in [1.82, 2.24) is 10.3 Å². The fourth-order valence-electron chi connectivity index (χ4n) is 2.10. The minimum atomic E-state index is -0.440. The predicted molar refractivity (Wildman–Crippen MR) is 93.4 cm³/mol. The lowest BCUT2D eigenvalue weighted by Crippen LogP contribution is -2.18. The first kappa shape index (κ1) is 16.7. The van der Waals surface area contributed by atoms with E-state index < -0.39 is 5.91 Å². The average molecular weight is 357 g/mol. The molecule has 0 spiro atoms. The van der Waals surface area contributed by atoms with Crippen LogP contribution in [0.4, 0.5) is 5.13 Å². The number of furan rings is 1. The summed E-state index contributed by atoms with van der Waals surface area (Å²) in [6.07, 6.45) is 0. The number of phenols is 1. The Morgan fingerprint density at radius 2 is 2.04 bits per heavy atom. The number of nitrogens with zero attached hydrogens (tertiary/aromatic N) is 1. The summed E-state index contributed by atoms with van der Waals surface area (Å²) in [5.41, 5.74) is 0.751. The SMILES string of the molecule is CC(=O)NCc1ccc(-c2csc(NC(=O)c3ccccc3O)n2)o1. The van der Waals surface area contributed by atoms with Crippen LogP contribution in [-0.2, 0) is 11.3 Å². The molecule has 2 heterocycles. The molecule has 3 aromatic rings. The van der Waals surface area contributed by atoms with Crippen LogP contribution in [0.5, 0.6) is 5.75 Å². The molecule has 0 bridgehead atoms. The third kappa shape index (κ3) is 4.04. The van der Waals surface area contributed by atoms with Crippen molar-refractivity contribution >= 4 is 28.3 Å². The number of aromatic hydroxyl groups is 1. The summed E-state index contributed by atoms with van der Waals surface area (Å²) in [6, 6.07) is 9.79. The van der Waals surface area contributed by atoms with E-state index in [-0.39, 0.29) is 17.2 Å². The van der Waals surface area contributed by atoms with Crippen LogP contribution < -0.4 is 10.6 Å². The maximum Gasteiger partial charge on any atom is 0.261 e. The number of para-hydroxylation sites is 1. The smallest absolute Gasteiger partial charge is 0.261 e. The van der Waals surface area contributed by atoms with E-state index in [0.29, 0.717) is 28.9 Å². The number of hydrogen-bond donors (Lipinski definition) is 3. The Balaban J connectivity index is 1.69. The van der Waals surface area contributed by atoms with E-state index in [1.54, 1.807) is 29.6 Å². The number of carbonyl (C=O) groups is 2. The van der Waals surface area contributed by atoms with Crippen molar-refractivity contribution in [3.8, 4) is 17.2 Å². The van der Waals surface area contributed by atoms with E-state index in [1.807, 2.05) is 0 Å². The lowest BCUT2D eigenvalue weighted by molar-refractivity contribution is -0.119. The van der Waals surface area contributed by atoms with Gasteiger partial charge in [0.05, 0.1) is 12.1 Å². The Labute approximate surface area is 147 Å². The second-order valence-electron chi connectivity index (χ2n) is 5.18. The highest BCUT2D eigenvalue weighted by Gasteiger charge is 2.14. The molecule has 0 unspecified atom stereocenters. The minimum absolute atomic E-state index is 0.0922. The van der Waals surface area contributed by atoms with Gasteiger partial charge < -0.3 is 14.8 Å². The van der Waals surface area contributed by atoms with Crippen molar-refractivity contribution in [1.29, 1.82) is 0 Å². The standard InChI is InChI=1S/C17H15N3O4S/c1-10(21)18-8-11-6-7-15(24-11)13-9-25-17(19-13)20-16(23)12-4-2-3-5-14(12)22/h2-7,9,22H,8H2,1H3,(H,18,21)(H,19,20,23). The van der Waals surface area contributed by atoms with Gasteiger partial charge in [0.1, 0.15) is 17.2 Å². The summed E-state index contributed by atoms with van der Waals surface area (Å²) < 4.78 is 5.62. The highest BCUT2D eigenvalue weighted by atomic mass is 32.1. The third-order valence-corrected chi connectivity index (χ3v) is 4.06. The molecule has 0 aliphatic rings. The molecule has 0 fully saturated rings. The van der Waals surface area contributed by atoms with E-state index in [9.17, 15) is 14.7 Å². The van der Waals surface area contributed by atoms with Crippen LogP contribution in [0.2, 0.25) is 0 Å². The maximum absolute atomic E-state index is 12.2. The number of phenolic OH excluding ortho intramolecular Hbond substituents is 1. The molecule has 2 aromatic heterocycles. The zero-order valence-electron chi connectivity index (χ0n) is 13.3. The first-order chi connectivity index (χ1) is 12.0. The molecular formula is C17H15N3O4S. The number of nitrogens with one attached hydrogen (secondary N) is 2. The molecular weight excluding hydrogens is 342 g/mol. The van der Waals surface area contributed by atoms with Gasteiger partial charge in [-0.1, -0.05) is 12.1 Å². The topological polar surface area (TPSA) is 104 Å². The zero-order valence-corrected chi connectivity index (χ0v) is 14.1. The van der Waals surface area contributed by atoms with Gasteiger partial charge in [-0.15, -0.1) is 11.3 Å². The molecule has 3 N–H and O–H groups in total. The van der Waals surface area contributed by atoms with Crippen molar-refractivity contribution in [2.75, 3.05) is 5.32 Å². The first-order valence-corrected chi connectivity index (χ1v) is 8.29. The quantitative estimate of drug-likeness (QED) is 0.651. The summed E-state index contributed by atoms with van der Waals surface area (Å²) in [5, 5.41) is 17.2. The number of benzene rings is 1. The number of rotatable bonds is 5. The normalized spacial score (nSPS) is 10.4. The Bertz CT molecular complexity index is 916. The van der Waals surface area contributed by atoms with Crippen LogP contribution in [0.15, 0.2) is 46.2 Å². The van der Waals surface area contributed by atoms with Crippen molar-refractivity contribution in [2.45, 2.75) is 13.5 Å². The summed E-state index contributed by atoms with van der Waals surface area (Å²) >= 11 is 1.25. The largest absolute Gasteiger partial charge is 0.507 e. The first-order valence-electron chi connectivity index (χ1n) is 7.41. The van der Waals surface area contributed by atoms with E-state index in [0.717, 1.165) is 0 Å². The van der Waals surface area contributed by atoms with Crippen LogP contribution in [-0.4, -0.2) is 21.9 Å². The summed E-state index contributed by atoms with van der Waals surface area (Å²) in [6.45, 7) is 1.74. The van der Waals surface area contributed by atoms with Crippen LogP contribution in [0, 0.1) is 0 Å². The van der Waals surface area contributed by atoms with E-state index in [1.165, 1.54) is 30.4 Å². The van der Waals surface area contributed by atoms with Gasteiger partial charge in [-0.2, -0.15) is 0 Å². The van der Waals surface area contributed by atoms with Crippen LogP contribution in [0.3, 0.4) is 0 Å². The molecule has 0 aliphatic heterocycles. The summed E-state index contributed by atoms with van der Waals surface area (Å²) in [7, 11) is 0. The molecule has 0 aliphatic carbocycles. The molecule has 7 nitrogen and oxygen atoms in total. The van der Waals surface area contributed by atoms with Gasteiger partial charge in [0.25, 0.3) is 5.91 Å². The third-order valence-electron chi connectivity index (χ3n) is 3.30. The highest BCUT2D eigenvalue weighted by Crippen LogP contribution is 2.27. The summed E-state index contributed by atoms with van der Waals surface area (Å²) in [5.74, 6) is 0.480. The molecule has 0 atom stereocenters. The van der Waals surface area contributed by atoms with Crippen LogP contribution in [0.25, 0.3) is 11.5 Å². The fraction of sp³-hybridized carbons (Fsp3) is 0.118. The van der Waals surface area contributed by atoms with Crippen molar-refractivity contribution in [2.24, 2.45) is 0 Å². The van der Waals surface area contributed by atoms with E-state index >= 15 is 0 Å². The van der Waals surface area contributed by atoms with Gasteiger partial charge in [-0.25, -0.2) is 4.98 Å². The molecule has 1 aromatic carbocycles. The predicted octanol–water partition coefficient (Wildman–Crippen LogP) is 3.00. The summed E-state index contributed by atoms with van der Waals surface area (Å²) in [4.78, 5) is 27.4. The van der Waals surface area contributed by atoms with Gasteiger partial charge in [-0.05, 0) is 24.3 Å². The van der Waals surface area contributed by atoms with Crippen molar-refractivity contribution in [3.05, 3.63) is 53.1 Å². The van der Waals surface area contributed by atoms with Crippen LogP contribution >= 0.6 is 11.3 Å². The lowest BCUT2D eigenvalue weighted by Gasteiger charge is -2.03. The van der Waals surface area contributed by atoms with E-state index in [2.05, 4.69) is 15.6 Å². The number of amides is 2. The van der Waals surface area contributed by atoms with Crippen LogP contribution in [0.1, 0.15) is 23.0 Å². The molecule has 3 rings (SSSR count). The lowest BCUT2D eigenvalue weighted by atomic mass is 10.2. The van der Waals surface area contributed by atoms with Gasteiger partial charge in [-0.3, -0.25) is 14.9 Å². The van der Waals surface area contributed by atoms with Gasteiger partial charge in [0, 0.05) is 12.3 Å².